The summed E-state index contributed by atoms with van der Waals surface area (Å²) >= 11 is 0. The first-order valence-corrected chi connectivity index (χ1v) is 3.36. The van der Waals surface area contributed by atoms with E-state index in [2.05, 4.69) is 0 Å². The van der Waals surface area contributed by atoms with Crippen molar-refractivity contribution in [2.45, 2.75) is 19.8 Å². The molecule has 2 nitrogen and oxygen atoms in total. The van der Waals surface area contributed by atoms with Crippen molar-refractivity contribution >= 4 is 5.97 Å². The first-order valence-electron chi connectivity index (χ1n) is 3.36. The Balaban J connectivity index is 2.56. The van der Waals surface area contributed by atoms with Crippen LogP contribution in [0.3, 0.4) is 0 Å². The number of carboxylic acid groups (broad SMARTS) is 1. The van der Waals surface area contributed by atoms with Crippen LogP contribution in [-0.4, -0.2) is 11.1 Å². The molecule has 0 unspecified atom stereocenters. The van der Waals surface area contributed by atoms with E-state index < -0.39 is 5.97 Å². The quantitative estimate of drug-likeness (QED) is 0.631. The smallest absolute Gasteiger partial charge is 0.331 e. The van der Waals surface area contributed by atoms with Gasteiger partial charge in [-0.3, -0.25) is 0 Å². The van der Waals surface area contributed by atoms with Crippen molar-refractivity contribution in [1.29, 1.82) is 0 Å². The second kappa shape index (κ2) is 2.69. The summed E-state index contributed by atoms with van der Waals surface area (Å²) in [5.74, 6) is -0.792. The van der Waals surface area contributed by atoms with Crippen molar-refractivity contribution in [3.63, 3.8) is 0 Å². The lowest BCUT2D eigenvalue weighted by atomic mass is 10.1. The number of hydrogen-bond acceptors (Lipinski definition) is 1. The van der Waals surface area contributed by atoms with E-state index in [0.29, 0.717) is 12.0 Å². The molecule has 1 aliphatic carbocycles. The van der Waals surface area contributed by atoms with Gasteiger partial charge in [0.15, 0.2) is 0 Å². The largest absolute Gasteiger partial charge is 0.478 e. The molecule has 0 bridgehead atoms. The molecule has 0 atom stereocenters. The molecule has 0 saturated heterocycles. The first-order chi connectivity index (χ1) is 4.74. The van der Waals surface area contributed by atoms with Gasteiger partial charge in [0.2, 0.25) is 0 Å². The van der Waals surface area contributed by atoms with Gasteiger partial charge in [0.1, 0.15) is 0 Å². The molecule has 0 aliphatic heterocycles. The minimum absolute atomic E-state index is 0.511. The monoisotopic (exact) mass is 138 g/mol. The Hall–Kier alpha value is -1.05. The summed E-state index contributed by atoms with van der Waals surface area (Å²) in [4.78, 5) is 10.4. The van der Waals surface area contributed by atoms with Gasteiger partial charge >= 0.3 is 5.97 Å². The molecule has 0 spiro atoms. The zero-order chi connectivity index (χ0) is 7.56. The minimum Gasteiger partial charge on any atom is -0.478 e. The van der Waals surface area contributed by atoms with Crippen molar-refractivity contribution in [1.82, 2.24) is 0 Å². The van der Waals surface area contributed by atoms with Crippen molar-refractivity contribution < 1.29 is 9.90 Å². The third kappa shape index (κ3) is 1.26. The molecule has 0 fully saturated rings. The van der Waals surface area contributed by atoms with Gasteiger partial charge in [-0.25, -0.2) is 4.79 Å². The summed E-state index contributed by atoms with van der Waals surface area (Å²) < 4.78 is 0. The number of carboxylic acids is 1. The summed E-state index contributed by atoms with van der Waals surface area (Å²) in [6.45, 7) is 2.03. The predicted octanol–water partition coefficient (Wildman–Crippen LogP) is 1.74. The lowest BCUT2D eigenvalue weighted by molar-refractivity contribution is -0.132. The highest BCUT2D eigenvalue weighted by Crippen LogP contribution is 2.20. The van der Waals surface area contributed by atoms with Crippen molar-refractivity contribution in [3.8, 4) is 0 Å². The number of allylic oxidation sites excluding steroid dienone is 3. The zero-order valence-electron chi connectivity index (χ0n) is 5.92. The lowest BCUT2D eigenvalue weighted by Crippen LogP contribution is -1.97. The summed E-state index contributed by atoms with van der Waals surface area (Å²) in [5.41, 5.74) is 1.72. The van der Waals surface area contributed by atoms with E-state index >= 15 is 0 Å². The zero-order valence-corrected chi connectivity index (χ0v) is 5.92. The van der Waals surface area contributed by atoms with Gasteiger partial charge in [-0.15, -0.1) is 0 Å². The first kappa shape index (κ1) is 7.06. The number of hydrogen-bond donors (Lipinski definition) is 1. The van der Waals surface area contributed by atoms with Crippen molar-refractivity contribution in [2.24, 2.45) is 0 Å². The fourth-order valence-corrected chi connectivity index (χ4v) is 0.971. The molecule has 0 amide bonds. The van der Waals surface area contributed by atoms with Crippen LogP contribution in [0.15, 0.2) is 23.3 Å². The molecule has 1 rings (SSSR count). The van der Waals surface area contributed by atoms with E-state index in [1.54, 1.807) is 6.08 Å². The fraction of sp³-hybridized carbons (Fsp3) is 0.375. The third-order valence-electron chi connectivity index (χ3n) is 1.67. The lowest BCUT2D eigenvalue weighted by Gasteiger charge is -1.95. The standard InChI is InChI=1S/C8H10O2/c1-2-6-3-4-7(5-6)8(9)10/h3-4H,2,5H2,1H3,(H,9,10). The normalized spacial score (nSPS) is 16.5. The van der Waals surface area contributed by atoms with Crippen LogP contribution >= 0.6 is 0 Å². The van der Waals surface area contributed by atoms with E-state index in [4.69, 9.17) is 5.11 Å². The van der Waals surface area contributed by atoms with Crippen LogP contribution in [0.4, 0.5) is 0 Å². The van der Waals surface area contributed by atoms with Crippen LogP contribution in [0.1, 0.15) is 19.8 Å². The van der Waals surface area contributed by atoms with Crippen molar-refractivity contribution in [3.05, 3.63) is 23.3 Å². The molecule has 0 aromatic heterocycles. The molecule has 1 aliphatic rings. The van der Waals surface area contributed by atoms with Gasteiger partial charge in [0, 0.05) is 12.0 Å². The number of aliphatic carboxylic acids is 1. The van der Waals surface area contributed by atoms with E-state index in [0.717, 1.165) is 6.42 Å². The fourth-order valence-electron chi connectivity index (χ4n) is 0.971. The van der Waals surface area contributed by atoms with E-state index in [9.17, 15) is 4.79 Å². The van der Waals surface area contributed by atoms with E-state index in [1.165, 1.54) is 5.57 Å². The molecule has 0 aromatic rings. The topological polar surface area (TPSA) is 37.3 Å². The minimum atomic E-state index is -0.792. The highest BCUT2D eigenvalue weighted by atomic mass is 16.4. The Kier molecular flexibility index (Phi) is 1.90. The van der Waals surface area contributed by atoms with Gasteiger partial charge in [-0.2, -0.15) is 0 Å². The summed E-state index contributed by atoms with van der Waals surface area (Å²) in [6.07, 6.45) is 5.16. The number of rotatable bonds is 2. The highest BCUT2D eigenvalue weighted by molar-refractivity contribution is 5.88. The third-order valence-corrected chi connectivity index (χ3v) is 1.67. The Morgan fingerprint density at radius 1 is 1.70 bits per heavy atom. The van der Waals surface area contributed by atoms with Crippen LogP contribution in [0.25, 0.3) is 0 Å². The maximum absolute atomic E-state index is 10.4. The number of carbonyl (C=O) groups is 1. The molecule has 54 valence electrons. The van der Waals surface area contributed by atoms with Gasteiger partial charge in [0.25, 0.3) is 0 Å². The Morgan fingerprint density at radius 3 is 2.70 bits per heavy atom. The van der Waals surface area contributed by atoms with Crippen LogP contribution in [0.2, 0.25) is 0 Å². The molecule has 0 heterocycles. The second-order valence-electron chi connectivity index (χ2n) is 2.35. The summed E-state index contributed by atoms with van der Waals surface area (Å²) in [5, 5.41) is 8.52. The average molecular weight is 138 g/mol. The van der Waals surface area contributed by atoms with Crippen molar-refractivity contribution in [2.75, 3.05) is 0 Å². The van der Waals surface area contributed by atoms with Gasteiger partial charge in [0.05, 0.1) is 0 Å². The summed E-state index contributed by atoms with van der Waals surface area (Å²) in [6, 6.07) is 0. The van der Waals surface area contributed by atoms with Gasteiger partial charge in [-0.05, 0) is 6.42 Å². The molecule has 0 aromatic carbocycles. The van der Waals surface area contributed by atoms with Crippen LogP contribution < -0.4 is 0 Å². The molecular weight excluding hydrogens is 128 g/mol. The molecule has 0 radical (unpaired) electrons. The van der Waals surface area contributed by atoms with Crippen LogP contribution in [0.5, 0.6) is 0 Å². The molecule has 2 heteroatoms. The van der Waals surface area contributed by atoms with Crippen LogP contribution in [0, 0.1) is 0 Å². The van der Waals surface area contributed by atoms with E-state index in [-0.39, 0.29) is 0 Å². The maximum atomic E-state index is 10.4. The van der Waals surface area contributed by atoms with Crippen LogP contribution in [-0.2, 0) is 4.79 Å². The van der Waals surface area contributed by atoms with E-state index in [1.807, 2.05) is 13.0 Å². The van der Waals surface area contributed by atoms with Gasteiger partial charge in [-0.1, -0.05) is 24.6 Å². The molecular formula is C8H10O2. The summed E-state index contributed by atoms with van der Waals surface area (Å²) in [7, 11) is 0. The Morgan fingerprint density at radius 2 is 2.40 bits per heavy atom. The predicted molar refractivity (Wildman–Crippen MR) is 38.7 cm³/mol. The molecule has 10 heavy (non-hydrogen) atoms. The average Bonchev–Trinajstić information content (AvgIpc) is 2.34. The Labute approximate surface area is 59.9 Å². The maximum Gasteiger partial charge on any atom is 0.331 e. The molecule has 0 saturated carbocycles. The second-order valence-corrected chi connectivity index (χ2v) is 2.35. The van der Waals surface area contributed by atoms with Gasteiger partial charge < -0.3 is 5.11 Å². The highest BCUT2D eigenvalue weighted by Gasteiger charge is 2.12. The Bertz CT molecular complexity index is 211. The SMILES string of the molecule is CCC1=CC=C(C(=O)O)C1. The molecule has 1 N–H and O–H groups in total.